The molecule has 0 fully saturated rings. The predicted octanol–water partition coefficient (Wildman–Crippen LogP) is 2.78. The molecule has 27 heavy (non-hydrogen) atoms. The van der Waals surface area contributed by atoms with Crippen LogP contribution in [0.1, 0.15) is 12.5 Å². The van der Waals surface area contributed by atoms with Crippen LogP contribution in [0.15, 0.2) is 45.8 Å². The largest absolute Gasteiger partial charge is 0.493 e. The molecule has 7 nitrogen and oxygen atoms in total. The Hall–Kier alpha value is -2.78. The molecule has 0 amide bonds. The molecule has 140 valence electrons. The van der Waals surface area contributed by atoms with E-state index >= 15 is 0 Å². The molecule has 1 aliphatic rings. The Kier molecular flexibility index (Phi) is 4.40. The summed E-state index contributed by atoms with van der Waals surface area (Å²) in [5.41, 5.74) is 1.69. The van der Waals surface area contributed by atoms with Crippen molar-refractivity contribution < 1.29 is 22.1 Å². The number of ether oxygens (including phenoxy) is 1. The van der Waals surface area contributed by atoms with Crippen LogP contribution in [0.4, 0.5) is 4.39 Å². The Morgan fingerprint density at radius 1 is 1.22 bits per heavy atom. The number of nitrogens with one attached hydrogen (secondary N) is 1. The van der Waals surface area contributed by atoms with Gasteiger partial charge in [0.05, 0.1) is 17.1 Å². The van der Waals surface area contributed by atoms with E-state index in [-0.39, 0.29) is 22.9 Å². The number of sulfonamides is 1. The van der Waals surface area contributed by atoms with Crippen molar-refractivity contribution in [3.05, 3.63) is 47.8 Å². The van der Waals surface area contributed by atoms with Gasteiger partial charge in [0.15, 0.2) is 0 Å². The van der Waals surface area contributed by atoms with E-state index in [4.69, 9.17) is 9.26 Å². The van der Waals surface area contributed by atoms with Crippen LogP contribution >= 0.6 is 0 Å². The number of halogens is 1. The molecule has 1 aromatic heterocycles. The van der Waals surface area contributed by atoms with Gasteiger partial charge < -0.3 is 9.26 Å². The highest BCUT2D eigenvalue weighted by Gasteiger charge is 2.21. The molecule has 0 atom stereocenters. The first-order valence-electron chi connectivity index (χ1n) is 8.37. The standard InChI is InChI=1S/C18H16FN3O4S/c1-2-20-27(23,24)13-4-5-15(19)14(10-13)18-21-17(22-26-18)12-3-6-16-11(9-12)7-8-25-16/h3-6,9-10,20H,2,7-8H2,1H3. The maximum absolute atomic E-state index is 14.3. The average Bonchev–Trinajstić information content (AvgIpc) is 3.30. The number of hydrogen-bond acceptors (Lipinski definition) is 6. The Bertz CT molecular complexity index is 1110. The molecule has 0 aliphatic carbocycles. The summed E-state index contributed by atoms with van der Waals surface area (Å²) >= 11 is 0. The van der Waals surface area contributed by atoms with E-state index in [9.17, 15) is 12.8 Å². The Morgan fingerprint density at radius 2 is 2.07 bits per heavy atom. The molecule has 0 saturated heterocycles. The molecule has 0 unspecified atom stereocenters. The monoisotopic (exact) mass is 389 g/mol. The molecular weight excluding hydrogens is 373 g/mol. The minimum absolute atomic E-state index is 0.0720. The van der Waals surface area contributed by atoms with E-state index in [1.54, 1.807) is 13.0 Å². The average molecular weight is 389 g/mol. The molecular formula is C18H16FN3O4S. The fraction of sp³-hybridized carbons (Fsp3) is 0.222. The number of benzene rings is 2. The zero-order valence-electron chi connectivity index (χ0n) is 14.4. The van der Waals surface area contributed by atoms with Gasteiger partial charge in [0.1, 0.15) is 11.6 Å². The molecule has 0 saturated carbocycles. The van der Waals surface area contributed by atoms with Gasteiger partial charge in [0, 0.05) is 18.5 Å². The van der Waals surface area contributed by atoms with Crippen molar-refractivity contribution in [2.45, 2.75) is 18.2 Å². The van der Waals surface area contributed by atoms with Crippen molar-refractivity contribution in [2.75, 3.05) is 13.2 Å². The zero-order valence-corrected chi connectivity index (χ0v) is 15.2. The zero-order chi connectivity index (χ0) is 19.0. The lowest BCUT2D eigenvalue weighted by molar-refractivity contribution is 0.357. The van der Waals surface area contributed by atoms with E-state index in [0.717, 1.165) is 23.8 Å². The van der Waals surface area contributed by atoms with Gasteiger partial charge in [-0.2, -0.15) is 4.98 Å². The van der Waals surface area contributed by atoms with Crippen molar-refractivity contribution >= 4 is 10.0 Å². The molecule has 0 spiro atoms. The molecule has 0 radical (unpaired) electrons. The summed E-state index contributed by atoms with van der Waals surface area (Å²) in [5, 5.41) is 3.90. The number of aromatic nitrogens is 2. The van der Waals surface area contributed by atoms with Crippen LogP contribution in [-0.4, -0.2) is 31.7 Å². The quantitative estimate of drug-likeness (QED) is 0.721. The van der Waals surface area contributed by atoms with Crippen molar-refractivity contribution in [2.24, 2.45) is 0 Å². The summed E-state index contributed by atoms with van der Waals surface area (Å²) in [7, 11) is -3.73. The van der Waals surface area contributed by atoms with Crippen LogP contribution < -0.4 is 9.46 Å². The molecule has 1 aliphatic heterocycles. The normalized spacial score (nSPS) is 13.4. The highest BCUT2D eigenvalue weighted by molar-refractivity contribution is 7.89. The van der Waals surface area contributed by atoms with Crippen molar-refractivity contribution in [3.63, 3.8) is 0 Å². The number of rotatable bonds is 5. The first-order valence-corrected chi connectivity index (χ1v) is 9.85. The molecule has 2 heterocycles. The van der Waals surface area contributed by atoms with Crippen LogP contribution in [-0.2, 0) is 16.4 Å². The van der Waals surface area contributed by atoms with Crippen molar-refractivity contribution in [1.82, 2.24) is 14.9 Å². The fourth-order valence-corrected chi connectivity index (χ4v) is 3.95. The Balaban J connectivity index is 1.71. The third-order valence-corrected chi connectivity index (χ3v) is 5.73. The maximum Gasteiger partial charge on any atom is 0.261 e. The highest BCUT2D eigenvalue weighted by atomic mass is 32.2. The fourth-order valence-electron chi connectivity index (χ4n) is 2.88. The van der Waals surface area contributed by atoms with Gasteiger partial charge in [-0.25, -0.2) is 17.5 Å². The summed E-state index contributed by atoms with van der Waals surface area (Å²) in [6, 6.07) is 8.96. The van der Waals surface area contributed by atoms with E-state index in [1.807, 2.05) is 12.1 Å². The molecule has 3 aromatic rings. The van der Waals surface area contributed by atoms with E-state index < -0.39 is 15.8 Å². The lowest BCUT2D eigenvalue weighted by atomic mass is 10.1. The molecule has 2 aromatic carbocycles. The van der Waals surface area contributed by atoms with Crippen LogP contribution in [0.3, 0.4) is 0 Å². The number of hydrogen-bond donors (Lipinski definition) is 1. The summed E-state index contributed by atoms with van der Waals surface area (Å²) in [6.45, 7) is 2.52. The minimum atomic E-state index is -3.73. The smallest absolute Gasteiger partial charge is 0.261 e. The second-order valence-corrected chi connectivity index (χ2v) is 7.75. The van der Waals surface area contributed by atoms with Crippen LogP contribution in [0.2, 0.25) is 0 Å². The van der Waals surface area contributed by atoms with Gasteiger partial charge in [-0.1, -0.05) is 12.1 Å². The predicted molar refractivity (Wildman–Crippen MR) is 95.2 cm³/mol. The molecule has 1 N–H and O–H groups in total. The van der Waals surface area contributed by atoms with Crippen molar-refractivity contribution in [3.8, 4) is 28.6 Å². The maximum atomic E-state index is 14.3. The third kappa shape index (κ3) is 3.31. The summed E-state index contributed by atoms with van der Waals surface area (Å²) in [6.07, 6.45) is 0.798. The summed E-state index contributed by atoms with van der Waals surface area (Å²) in [5.74, 6) is 0.379. The number of nitrogens with zero attached hydrogens (tertiary/aromatic N) is 2. The van der Waals surface area contributed by atoms with Crippen LogP contribution in [0.5, 0.6) is 5.75 Å². The lowest BCUT2D eigenvalue weighted by Crippen LogP contribution is -2.23. The highest BCUT2D eigenvalue weighted by Crippen LogP contribution is 2.31. The SMILES string of the molecule is CCNS(=O)(=O)c1ccc(F)c(-c2nc(-c3ccc4c(c3)CCO4)no2)c1. The van der Waals surface area contributed by atoms with Crippen LogP contribution in [0.25, 0.3) is 22.8 Å². The van der Waals surface area contributed by atoms with Crippen molar-refractivity contribution in [1.29, 1.82) is 0 Å². The summed E-state index contributed by atoms with van der Waals surface area (Å²) < 4.78 is 51.6. The van der Waals surface area contributed by atoms with Gasteiger partial charge >= 0.3 is 0 Å². The molecule has 4 rings (SSSR count). The second kappa shape index (κ2) is 6.75. The summed E-state index contributed by atoms with van der Waals surface area (Å²) in [4.78, 5) is 4.16. The Labute approximate surface area is 155 Å². The topological polar surface area (TPSA) is 94.3 Å². The van der Waals surface area contributed by atoms with Gasteiger partial charge in [-0.15, -0.1) is 0 Å². The minimum Gasteiger partial charge on any atom is -0.493 e. The van der Waals surface area contributed by atoms with E-state index in [1.165, 1.54) is 12.1 Å². The van der Waals surface area contributed by atoms with Crippen LogP contribution in [0, 0.1) is 5.82 Å². The number of fused-ring (bicyclic) bond motifs is 1. The van der Waals surface area contributed by atoms with E-state index in [0.29, 0.717) is 18.0 Å². The lowest BCUT2D eigenvalue weighted by Gasteiger charge is -2.06. The Morgan fingerprint density at radius 3 is 2.89 bits per heavy atom. The molecule has 0 bridgehead atoms. The third-order valence-electron chi connectivity index (χ3n) is 4.19. The van der Waals surface area contributed by atoms with Gasteiger partial charge in [-0.3, -0.25) is 0 Å². The van der Waals surface area contributed by atoms with Gasteiger partial charge in [0.2, 0.25) is 15.8 Å². The van der Waals surface area contributed by atoms with Gasteiger partial charge in [0.25, 0.3) is 5.89 Å². The molecule has 9 heteroatoms. The van der Waals surface area contributed by atoms with Gasteiger partial charge in [-0.05, 0) is 42.0 Å². The van der Waals surface area contributed by atoms with E-state index in [2.05, 4.69) is 14.9 Å². The second-order valence-electron chi connectivity index (χ2n) is 5.99. The first kappa shape index (κ1) is 17.6. The first-order chi connectivity index (χ1) is 13.0.